The van der Waals surface area contributed by atoms with Crippen molar-refractivity contribution in [3.8, 4) is 22.5 Å². The first-order chi connectivity index (χ1) is 23.5. The Morgan fingerprint density at radius 2 is 1.59 bits per heavy atom. The van der Waals surface area contributed by atoms with Crippen molar-refractivity contribution in [2.75, 3.05) is 25.5 Å². The van der Waals surface area contributed by atoms with Crippen molar-refractivity contribution < 1.29 is 38.3 Å². The first kappa shape index (κ1) is 32.6. The van der Waals surface area contributed by atoms with Crippen molar-refractivity contribution in [2.45, 2.75) is 26.3 Å². The Kier molecular flexibility index (Phi) is 8.95. The van der Waals surface area contributed by atoms with Crippen LogP contribution in [0.15, 0.2) is 88.3 Å². The van der Waals surface area contributed by atoms with E-state index in [4.69, 9.17) is 9.25 Å². The second-order valence-corrected chi connectivity index (χ2v) is 11.6. The molecule has 0 radical (unpaired) electrons. The van der Waals surface area contributed by atoms with Crippen molar-refractivity contribution in [3.63, 3.8) is 0 Å². The summed E-state index contributed by atoms with van der Waals surface area (Å²) >= 11 is 0. The number of aromatic carboxylic acids is 1. The minimum atomic E-state index is -1.20. The molecule has 0 aromatic heterocycles. The van der Waals surface area contributed by atoms with Crippen LogP contribution < -0.4 is 15.6 Å². The van der Waals surface area contributed by atoms with E-state index in [2.05, 4.69) is 10.3 Å². The summed E-state index contributed by atoms with van der Waals surface area (Å²) in [7, 11) is 3.84. The molecule has 2 aliphatic heterocycles. The lowest BCUT2D eigenvalue weighted by Crippen LogP contribution is -2.32. The van der Waals surface area contributed by atoms with Crippen molar-refractivity contribution in [2.24, 2.45) is 4.99 Å². The highest BCUT2D eigenvalue weighted by atomic mass is 16.7. The molecule has 2 heterocycles. The normalized spacial score (nSPS) is 13.3. The number of hydroxylamine groups is 2. The van der Waals surface area contributed by atoms with E-state index in [1.54, 1.807) is 24.3 Å². The molecule has 2 N–H and O–H groups in total. The largest absolute Gasteiger partial charge is 0.478 e. The fraction of sp³-hybridized carbons (Fsp3) is 0.189. The molecule has 3 aromatic carbocycles. The van der Waals surface area contributed by atoms with Gasteiger partial charge in [-0.25, -0.2) is 9.59 Å². The van der Waals surface area contributed by atoms with Gasteiger partial charge in [0.25, 0.3) is 17.7 Å². The van der Waals surface area contributed by atoms with Gasteiger partial charge >= 0.3 is 11.9 Å². The van der Waals surface area contributed by atoms with Gasteiger partial charge in [-0.2, -0.15) is 0 Å². The van der Waals surface area contributed by atoms with Crippen molar-refractivity contribution >= 4 is 46.3 Å². The first-order valence-corrected chi connectivity index (χ1v) is 15.6. The number of imide groups is 1. The summed E-state index contributed by atoms with van der Waals surface area (Å²) < 4.78 is 6.33. The second kappa shape index (κ2) is 13.4. The van der Waals surface area contributed by atoms with Crippen LogP contribution in [-0.4, -0.2) is 60.5 Å². The number of carbonyl (C=O) groups is 5. The number of rotatable bonds is 9. The highest BCUT2D eigenvalue weighted by Gasteiger charge is 2.33. The number of nitrogens with zero attached hydrogens (tertiary/aromatic N) is 3. The summed E-state index contributed by atoms with van der Waals surface area (Å²) in [5.41, 5.74) is 4.11. The fourth-order valence-corrected chi connectivity index (χ4v) is 5.63. The Labute approximate surface area is 280 Å². The van der Waals surface area contributed by atoms with Gasteiger partial charge in [0.1, 0.15) is 11.3 Å². The van der Waals surface area contributed by atoms with Gasteiger partial charge < -0.3 is 24.6 Å². The standard InChI is InChI=1S/C37H32N4O8/c1-4-38-24-10-13-27-30(18-24)48-31-19-25(40(2)3)11-14-28(31)34(27)26-12-9-23(17-29(26)36(45)46)35(44)39-20-21-5-7-22(8-6-21)37(47)49-41-32(42)15-16-33(41)43/h5-14,17-19H,4,15-16,20H2,1-3H3,(H,39,44)(H,45,46). The average molecular weight is 661 g/mol. The third kappa shape index (κ3) is 6.61. The lowest BCUT2D eigenvalue weighted by Gasteiger charge is -2.19. The summed E-state index contributed by atoms with van der Waals surface area (Å²) in [5.74, 6) is -3.16. The Bertz CT molecular complexity index is 2170. The lowest BCUT2D eigenvalue weighted by atomic mass is 9.89. The molecule has 49 heavy (non-hydrogen) atoms. The Morgan fingerprint density at radius 3 is 2.27 bits per heavy atom. The van der Waals surface area contributed by atoms with Crippen LogP contribution in [0, 0.1) is 0 Å². The predicted octanol–water partition coefficient (Wildman–Crippen LogP) is 5.04. The van der Waals surface area contributed by atoms with Gasteiger partial charge in [-0.1, -0.05) is 18.2 Å². The van der Waals surface area contributed by atoms with Gasteiger partial charge in [-0.3, -0.25) is 19.4 Å². The molecule has 0 saturated carbocycles. The molecule has 1 saturated heterocycles. The number of carboxylic acid groups (broad SMARTS) is 1. The topological polar surface area (TPSA) is 159 Å². The maximum absolute atomic E-state index is 13.2. The van der Waals surface area contributed by atoms with Crippen LogP contribution in [0.25, 0.3) is 33.4 Å². The van der Waals surface area contributed by atoms with Gasteiger partial charge in [0.15, 0.2) is 0 Å². The van der Waals surface area contributed by atoms with Crippen LogP contribution >= 0.6 is 0 Å². The number of fused-ring (bicyclic) bond motifs is 2. The number of carbonyl (C=O) groups excluding carboxylic acids is 4. The molecule has 1 aliphatic carbocycles. The van der Waals surface area contributed by atoms with Crippen LogP contribution in [0.3, 0.4) is 0 Å². The molecule has 12 nitrogen and oxygen atoms in total. The molecule has 0 spiro atoms. The second-order valence-electron chi connectivity index (χ2n) is 11.6. The number of anilines is 1. The SMILES string of the molecule is CCN=c1ccc2c(-c3ccc(C(=O)NCc4ccc(C(=O)ON5C(=O)CCC5=O)cc4)cc3C(=O)O)c3ccc(N(C)C)cc3oc-2c1. The van der Waals surface area contributed by atoms with E-state index in [1.165, 1.54) is 18.2 Å². The summed E-state index contributed by atoms with van der Waals surface area (Å²) in [6.45, 7) is 2.61. The maximum atomic E-state index is 13.2. The molecule has 12 heteroatoms. The van der Waals surface area contributed by atoms with E-state index in [9.17, 15) is 29.1 Å². The van der Waals surface area contributed by atoms with Crippen molar-refractivity contribution in [1.29, 1.82) is 0 Å². The van der Waals surface area contributed by atoms with Gasteiger partial charge in [0.05, 0.1) is 16.5 Å². The number of carboxylic acids is 1. The average Bonchev–Trinajstić information content (AvgIpc) is 3.41. The predicted molar refractivity (Wildman–Crippen MR) is 180 cm³/mol. The third-order valence-electron chi connectivity index (χ3n) is 8.15. The molecule has 0 unspecified atom stereocenters. The van der Waals surface area contributed by atoms with Crippen LogP contribution in [0.1, 0.15) is 56.4 Å². The smallest absolute Gasteiger partial charge is 0.363 e. The molecular formula is C37H32N4O8. The summed E-state index contributed by atoms with van der Waals surface area (Å²) in [5, 5.41) is 15.1. The highest BCUT2D eigenvalue weighted by Crippen LogP contribution is 2.42. The molecule has 3 aromatic rings. The maximum Gasteiger partial charge on any atom is 0.363 e. The molecular weight excluding hydrogens is 628 g/mol. The van der Waals surface area contributed by atoms with Crippen LogP contribution in [0.2, 0.25) is 0 Å². The molecule has 0 bridgehead atoms. The van der Waals surface area contributed by atoms with Gasteiger partial charge in [0, 0.05) is 79.9 Å². The molecule has 6 rings (SSSR count). The van der Waals surface area contributed by atoms with Crippen LogP contribution in [-0.2, 0) is 21.0 Å². The Hall–Kier alpha value is -6.30. The molecule has 3 amide bonds. The van der Waals surface area contributed by atoms with Crippen molar-refractivity contribution in [3.05, 3.63) is 106 Å². The molecule has 3 aliphatic rings. The summed E-state index contributed by atoms with van der Waals surface area (Å²) in [6.07, 6.45) is -0.0153. The first-order valence-electron chi connectivity index (χ1n) is 15.6. The zero-order valence-electron chi connectivity index (χ0n) is 27.0. The lowest BCUT2D eigenvalue weighted by molar-refractivity contribution is -0.172. The monoisotopic (exact) mass is 660 g/mol. The van der Waals surface area contributed by atoms with Crippen LogP contribution in [0.4, 0.5) is 5.69 Å². The Morgan fingerprint density at radius 1 is 0.898 bits per heavy atom. The van der Waals surface area contributed by atoms with E-state index in [1.807, 2.05) is 62.3 Å². The molecule has 248 valence electrons. The minimum absolute atomic E-state index is 0.00763. The van der Waals surface area contributed by atoms with E-state index in [0.29, 0.717) is 50.6 Å². The van der Waals surface area contributed by atoms with Crippen molar-refractivity contribution in [1.82, 2.24) is 10.4 Å². The van der Waals surface area contributed by atoms with E-state index >= 15 is 0 Å². The number of hydrogen-bond acceptors (Lipinski definition) is 9. The zero-order valence-corrected chi connectivity index (χ0v) is 27.0. The highest BCUT2D eigenvalue weighted by molar-refractivity contribution is 6.09. The van der Waals surface area contributed by atoms with Crippen LogP contribution in [0.5, 0.6) is 0 Å². The third-order valence-corrected chi connectivity index (χ3v) is 8.15. The van der Waals surface area contributed by atoms with E-state index in [0.717, 1.165) is 11.0 Å². The Balaban J connectivity index is 1.28. The quantitative estimate of drug-likeness (QED) is 0.163. The number of benzene rings is 4. The zero-order chi connectivity index (χ0) is 34.8. The van der Waals surface area contributed by atoms with E-state index < -0.39 is 29.7 Å². The van der Waals surface area contributed by atoms with E-state index in [-0.39, 0.29) is 36.1 Å². The summed E-state index contributed by atoms with van der Waals surface area (Å²) in [4.78, 5) is 73.1. The number of amides is 3. The number of nitrogens with one attached hydrogen (secondary N) is 1. The summed E-state index contributed by atoms with van der Waals surface area (Å²) in [6, 6.07) is 21.9. The number of hydrogen-bond donors (Lipinski definition) is 2. The van der Waals surface area contributed by atoms with Gasteiger partial charge in [-0.05, 0) is 66.6 Å². The van der Waals surface area contributed by atoms with Gasteiger partial charge in [-0.15, -0.1) is 5.06 Å². The molecule has 0 atom stereocenters. The fourth-order valence-electron chi connectivity index (χ4n) is 5.63. The van der Waals surface area contributed by atoms with Gasteiger partial charge in [0.2, 0.25) is 0 Å². The molecule has 1 fully saturated rings. The minimum Gasteiger partial charge on any atom is -0.478 e.